The van der Waals surface area contributed by atoms with Gasteiger partial charge in [0, 0.05) is 25.0 Å². The molecule has 0 aromatic carbocycles. The van der Waals surface area contributed by atoms with E-state index in [1.165, 1.54) is 32.2 Å². The van der Waals surface area contributed by atoms with Crippen LogP contribution in [0.15, 0.2) is 24.5 Å². The molecule has 0 radical (unpaired) electrons. The minimum absolute atomic E-state index is 0.686. The average Bonchev–Trinajstić information content (AvgIpc) is 2.41. The number of hydrogen-bond acceptors (Lipinski definition) is 3. The summed E-state index contributed by atoms with van der Waals surface area (Å²) in [6.45, 7) is 2.74. The summed E-state index contributed by atoms with van der Waals surface area (Å²) >= 11 is 0. The van der Waals surface area contributed by atoms with Gasteiger partial charge in [0.15, 0.2) is 0 Å². The number of hydrogen-bond donors (Lipinski definition) is 1. The van der Waals surface area contributed by atoms with Crippen molar-refractivity contribution in [2.45, 2.75) is 44.8 Å². The van der Waals surface area contributed by atoms with E-state index >= 15 is 0 Å². The number of nitrogens with one attached hydrogen (secondary N) is 1. The molecule has 1 atom stereocenters. The minimum Gasteiger partial charge on any atom is -0.377 e. The van der Waals surface area contributed by atoms with E-state index in [0.29, 0.717) is 6.61 Å². The molecule has 0 saturated carbocycles. The summed E-state index contributed by atoms with van der Waals surface area (Å²) in [5.41, 5.74) is 1.16. The first-order chi connectivity index (χ1) is 8.45. The molecule has 94 valence electrons. The van der Waals surface area contributed by atoms with Crippen LogP contribution in [0.5, 0.6) is 0 Å². The van der Waals surface area contributed by atoms with Gasteiger partial charge in [-0.25, -0.2) is 0 Å². The van der Waals surface area contributed by atoms with Gasteiger partial charge in [-0.3, -0.25) is 4.98 Å². The number of ether oxygens (including phenoxy) is 1. The topological polar surface area (TPSA) is 34.1 Å². The Hall–Kier alpha value is -0.930. The number of rotatable bonds is 6. The van der Waals surface area contributed by atoms with Crippen molar-refractivity contribution in [2.24, 2.45) is 0 Å². The lowest BCUT2D eigenvalue weighted by Gasteiger charge is -2.23. The standard InChI is InChI=1S/C14H22N2O/c1-2-9-16-14(6-1)7-4-10-17-12-13-5-3-8-15-11-13/h3,5,8,11,14,16H,1-2,4,6-7,9-10,12H2/t14-/m1/s1. The first-order valence-electron chi connectivity index (χ1n) is 6.65. The summed E-state index contributed by atoms with van der Waals surface area (Å²) in [6.07, 6.45) is 10.1. The molecule has 0 amide bonds. The Morgan fingerprint density at radius 1 is 1.41 bits per heavy atom. The molecule has 0 bridgehead atoms. The van der Waals surface area contributed by atoms with E-state index in [2.05, 4.69) is 16.4 Å². The Morgan fingerprint density at radius 3 is 3.18 bits per heavy atom. The molecular formula is C14H22N2O. The van der Waals surface area contributed by atoms with Crippen molar-refractivity contribution in [3.8, 4) is 0 Å². The number of nitrogens with zero attached hydrogens (tertiary/aromatic N) is 1. The zero-order chi connectivity index (χ0) is 11.8. The summed E-state index contributed by atoms with van der Waals surface area (Å²) in [4.78, 5) is 4.07. The molecule has 1 aromatic heterocycles. The first kappa shape index (κ1) is 12.5. The van der Waals surface area contributed by atoms with E-state index in [4.69, 9.17) is 4.74 Å². The highest BCUT2D eigenvalue weighted by atomic mass is 16.5. The Balaban J connectivity index is 1.51. The predicted octanol–water partition coefficient (Wildman–Crippen LogP) is 2.52. The molecule has 2 rings (SSSR count). The molecule has 1 fully saturated rings. The van der Waals surface area contributed by atoms with Crippen molar-refractivity contribution >= 4 is 0 Å². The lowest BCUT2D eigenvalue weighted by Crippen LogP contribution is -2.33. The molecule has 1 N–H and O–H groups in total. The maximum atomic E-state index is 5.64. The fourth-order valence-corrected chi connectivity index (χ4v) is 2.28. The summed E-state index contributed by atoms with van der Waals surface area (Å²) < 4.78 is 5.64. The molecule has 1 aliphatic rings. The van der Waals surface area contributed by atoms with Gasteiger partial charge in [0.2, 0.25) is 0 Å². The van der Waals surface area contributed by atoms with Crippen LogP contribution < -0.4 is 5.32 Å². The SMILES string of the molecule is c1cncc(COCCC[C@H]2CCCCN2)c1. The molecular weight excluding hydrogens is 212 g/mol. The molecule has 3 heteroatoms. The molecule has 1 aromatic rings. The van der Waals surface area contributed by atoms with Crippen LogP contribution in [0.2, 0.25) is 0 Å². The smallest absolute Gasteiger partial charge is 0.0731 e. The Bertz CT molecular complexity index is 296. The summed E-state index contributed by atoms with van der Waals surface area (Å²) in [6, 6.07) is 4.73. The number of aromatic nitrogens is 1. The molecule has 0 aliphatic carbocycles. The lowest BCUT2D eigenvalue weighted by molar-refractivity contribution is 0.114. The highest BCUT2D eigenvalue weighted by Gasteiger charge is 2.11. The molecule has 0 unspecified atom stereocenters. The molecule has 0 spiro atoms. The predicted molar refractivity (Wildman–Crippen MR) is 68.8 cm³/mol. The third kappa shape index (κ3) is 4.84. The van der Waals surface area contributed by atoms with Crippen LogP contribution in [-0.2, 0) is 11.3 Å². The zero-order valence-corrected chi connectivity index (χ0v) is 10.4. The summed E-state index contributed by atoms with van der Waals surface area (Å²) in [5, 5.41) is 3.56. The largest absolute Gasteiger partial charge is 0.377 e. The fourth-order valence-electron chi connectivity index (χ4n) is 2.28. The van der Waals surface area contributed by atoms with Gasteiger partial charge >= 0.3 is 0 Å². The normalized spacial score (nSPS) is 20.4. The van der Waals surface area contributed by atoms with Crippen LogP contribution in [0.1, 0.15) is 37.7 Å². The lowest BCUT2D eigenvalue weighted by atomic mass is 10.0. The van der Waals surface area contributed by atoms with Gasteiger partial charge in [-0.1, -0.05) is 12.5 Å². The van der Waals surface area contributed by atoms with E-state index in [-0.39, 0.29) is 0 Å². The zero-order valence-electron chi connectivity index (χ0n) is 10.4. The van der Waals surface area contributed by atoms with Gasteiger partial charge in [-0.15, -0.1) is 0 Å². The van der Waals surface area contributed by atoms with E-state index in [1.807, 2.05) is 12.3 Å². The Morgan fingerprint density at radius 2 is 2.41 bits per heavy atom. The van der Waals surface area contributed by atoms with E-state index < -0.39 is 0 Å². The third-order valence-electron chi connectivity index (χ3n) is 3.25. The van der Waals surface area contributed by atoms with Crippen LogP contribution in [0.25, 0.3) is 0 Å². The molecule has 1 aliphatic heterocycles. The summed E-state index contributed by atoms with van der Waals surface area (Å²) in [7, 11) is 0. The second kappa shape index (κ2) is 7.41. The number of piperidine rings is 1. The van der Waals surface area contributed by atoms with Crippen LogP contribution in [0, 0.1) is 0 Å². The quantitative estimate of drug-likeness (QED) is 0.768. The van der Waals surface area contributed by atoms with Gasteiger partial charge < -0.3 is 10.1 Å². The Kier molecular flexibility index (Phi) is 5.46. The number of pyridine rings is 1. The van der Waals surface area contributed by atoms with E-state index in [1.54, 1.807) is 6.20 Å². The fraction of sp³-hybridized carbons (Fsp3) is 0.643. The van der Waals surface area contributed by atoms with Crippen LogP contribution in [-0.4, -0.2) is 24.2 Å². The van der Waals surface area contributed by atoms with Crippen molar-refractivity contribution in [3.05, 3.63) is 30.1 Å². The maximum absolute atomic E-state index is 5.64. The highest BCUT2D eigenvalue weighted by molar-refractivity contribution is 5.06. The summed E-state index contributed by atoms with van der Waals surface area (Å²) in [5.74, 6) is 0. The van der Waals surface area contributed by atoms with Crippen molar-refractivity contribution < 1.29 is 4.74 Å². The van der Waals surface area contributed by atoms with Gasteiger partial charge in [0.25, 0.3) is 0 Å². The van der Waals surface area contributed by atoms with Crippen LogP contribution >= 0.6 is 0 Å². The van der Waals surface area contributed by atoms with E-state index in [9.17, 15) is 0 Å². The van der Waals surface area contributed by atoms with Crippen molar-refractivity contribution in [1.29, 1.82) is 0 Å². The molecule has 2 heterocycles. The van der Waals surface area contributed by atoms with Crippen molar-refractivity contribution in [3.63, 3.8) is 0 Å². The first-order valence-corrected chi connectivity index (χ1v) is 6.65. The maximum Gasteiger partial charge on any atom is 0.0731 e. The third-order valence-corrected chi connectivity index (χ3v) is 3.25. The highest BCUT2D eigenvalue weighted by Crippen LogP contribution is 2.11. The minimum atomic E-state index is 0.686. The average molecular weight is 234 g/mol. The monoisotopic (exact) mass is 234 g/mol. The van der Waals surface area contributed by atoms with Crippen molar-refractivity contribution in [1.82, 2.24) is 10.3 Å². The van der Waals surface area contributed by atoms with Crippen LogP contribution in [0.3, 0.4) is 0 Å². The second-order valence-electron chi connectivity index (χ2n) is 4.70. The molecule has 1 saturated heterocycles. The van der Waals surface area contributed by atoms with Crippen molar-refractivity contribution in [2.75, 3.05) is 13.2 Å². The second-order valence-corrected chi connectivity index (χ2v) is 4.70. The molecule has 17 heavy (non-hydrogen) atoms. The van der Waals surface area contributed by atoms with Crippen LogP contribution in [0.4, 0.5) is 0 Å². The Labute approximate surface area is 104 Å². The van der Waals surface area contributed by atoms with E-state index in [0.717, 1.165) is 24.6 Å². The van der Waals surface area contributed by atoms with Gasteiger partial charge in [0.1, 0.15) is 0 Å². The van der Waals surface area contributed by atoms with Gasteiger partial charge in [-0.05, 0) is 43.9 Å². The van der Waals surface area contributed by atoms with Gasteiger partial charge in [0.05, 0.1) is 6.61 Å². The molecule has 3 nitrogen and oxygen atoms in total. The van der Waals surface area contributed by atoms with Gasteiger partial charge in [-0.2, -0.15) is 0 Å².